The lowest BCUT2D eigenvalue weighted by molar-refractivity contribution is -0.0215. The van der Waals surface area contributed by atoms with Gasteiger partial charge in [0.1, 0.15) is 0 Å². The highest BCUT2D eigenvalue weighted by Gasteiger charge is 2.32. The Morgan fingerprint density at radius 3 is 2.86 bits per heavy atom. The van der Waals surface area contributed by atoms with E-state index in [0.717, 1.165) is 32.5 Å². The van der Waals surface area contributed by atoms with Gasteiger partial charge >= 0.3 is 0 Å². The van der Waals surface area contributed by atoms with Gasteiger partial charge in [0.15, 0.2) is 0 Å². The van der Waals surface area contributed by atoms with Gasteiger partial charge in [-0.3, -0.25) is 0 Å². The average Bonchev–Trinajstić information content (AvgIpc) is 2.98. The zero-order chi connectivity index (χ0) is 14.9. The van der Waals surface area contributed by atoms with Crippen LogP contribution in [0.5, 0.6) is 0 Å². The predicted octanol–water partition coefficient (Wildman–Crippen LogP) is 3.71. The van der Waals surface area contributed by atoms with Gasteiger partial charge in [0.25, 0.3) is 0 Å². The number of rotatable bonds is 5. The second-order valence-electron chi connectivity index (χ2n) is 6.62. The summed E-state index contributed by atoms with van der Waals surface area (Å²) in [5, 5.41) is 4.77. The van der Waals surface area contributed by atoms with Crippen molar-refractivity contribution in [2.45, 2.75) is 58.4 Å². The molecule has 1 fully saturated rings. The number of benzene rings is 1. The molecule has 0 saturated carbocycles. The molecule has 21 heavy (non-hydrogen) atoms. The summed E-state index contributed by atoms with van der Waals surface area (Å²) in [6.45, 7) is 9.41. The van der Waals surface area contributed by atoms with Crippen molar-refractivity contribution in [2.24, 2.45) is 0 Å². The fourth-order valence-corrected chi connectivity index (χ4v) is 3.29. The molecule has 3 rings (SSSR count). The quantitative estimate of drug-likeness (QED) is 0.907. The third-order valence-electron chi connectivity index (χ3n) is 4.39. The molecule has 1 aliphatic rings. The Bertz CT molecular complexity index is 615. The number of hydrogen-bond acceptors (Lipinski definition) is 2. The number of nitrogens with one attached hydrogen (secondary N) is 1. The largest absolute Gasteiger partial charge is 0.370 e. The topological polar surface area (TPSA) is 26.2 Å². The minimum atomic E-state index is 0.0372. The van der Waals surface area contributed by atoms with Crippen LogP contribution in [0.3, 0.4) is 0 Å². The maximum atomic E-state index is 6.19. The number of para-hydroxylation sites is 1. The van der Waals surface area contributed by atoms with Gasteiger partial charge in [-0.15, -0.1) is 0 Å². The van der Waals surface area contributed by atoms with Crippen molar-refractivity contribution < 1.29 is 4.74 Å². The fraction of sp³-hybridized carbons (Fsp3) is 0.556. The molecule has 0 aliphatic carbocycles. The number of aromatic nitrogens is 1. The van der Waals surface area contributed by atoms with Crippen LogP contribution in [0.25, 0.3) is 10.9 Å². The molecule has 1 unspecified atom stereocenters. The molecule has 0 amide bonds. The van der Waals surface area contributed by atoms with Crippen molar-refractivity contribution in [3.8, 4) is 0 Å². The van der Waals surface area contributed by atoms with E-state index in [1.165, 1.54) is 16.6 Å². The first-order valence-corrected chi connectivity index (χ1v) is 8.05. The van der Waals surface area contributed by atoms with Crippen molar-refractivity contribution in [1.82, 2.24) is 9.88 Å². The first-order valence-electron chi connectivity index (χ1n) is 8.05. The first-order chi connectivity index (χ1) is 10.1. The number of hydrogen-bond donors (Lipinski definition) is 1. The summed E-state index contributed by atoms with van der Waals surface area (Å²) in [5.74, 6) is 0. The molecule has 0 radical (unpaired) electrons. The maximum Gasteiger partial charge on any atom is 0.0762 e. The molecule has 2 aromatic rings. The molecule has 1 N–H and O–H groups in total. The fourth-order valence-electron chi connectivity index (χ4n) is 3.29. The molecule has 3 nitrogen and oxygen atoms in total. The average molecular weight is 286 g/mol. The summed E-state index contributed by atoms with van der Waals surface area (Å²) in [7, 11) is 0. The van der Waals surface area contributed by atoms with E-state index in [-0.39, 0.29) is 5.60 Å². The third-order valence-corrected chi connectivity index (χ3v) is 4.39. The molecule has 0 bridgehead atoms. The zero-order valence-electron chi connectivity index (χ0n) is 13.4. The van der Waals surface area contributed by atoms with Gasteiger partial charge < -0.3 is 14.6 Å². The minimum absolute atomic E-state index is 0.0372. The van der Waals surface area contributed by atoms with Crippen molar-refractivity contribution in [3.05, 3.63) is 36.0 Å². The molecule has 1 atom stereocenters. The Kier molecular flexibility index (Phi) is 4.05. The minimum Gasteiger partial charge on any atom is -0.370 e. The van der Waals surface area contributed by atoms with E-state index in [2.05, 4.69) is 61.0 Å². The van der Waals surface area contributed by atoms with Crippen LogP contribution in [-0.2, 0) is 17.8 Å². The number of fused-ring (bicyclic) bond motifs is 1. The Morgan fingerprint density at radius 1 is 1.33 bits per heavy atom. The van der Waals surface area contributed by atoms with E-state index in [9.17, 15) is 0 Å². The second-order valence-corrected chi connectivity index (χ2v) is 6.62. The van der Waals surface area contributed by atoms with Crippen LogP contribution in [0.1, 0.15) is 39.3 Å². The van der Waals surface area contributed by atoms with Gasteiger partial charge in [0.05, 0.1) is 11.7 Å². The Hall–Kier alpha value is -1.32. The summed E-state index contributed by atoms with van der Waals surface area (Å²) >= 11 is 0. The molecule has 1 aliphatic heterocycles. The highest BCUT2D eigenvalue weighted by Crippen LogP contribution is 2.31. The van der Waals surface area contributed by atoms with Crippen molar-refractivity contribution in [3.63, 3.8) is 0 Å². The lowest BCUT2D eigenvalue weighted by Gasteiger charge is -2.21. The standard InChI is InChI=1S/C18H26N2O/c1-4-19-12-15-11-14-7-5-6-8-17(14)20(15)13-16-9-10-18(2,3)21-16/h5-8,11,16,19H,4,9-10,12-13H2,1-3H3. The smallest absolute Gasteiger partial charge is 0.0762 e. The van der Waals surface area contributed by atoms with Gasteiger partial charge in [0, 0.05) is 24.3 Å². The highest BCUT2D eigenvalue weighted by atomic mass is 16.5. The van der Waals surface area contributed by atoms with Gasteiger partial charge in [-0.2, -0.15) is 0 Å². The van der Waals surface area contributed by atoms with Crippen LogP contribution in [0.15, 0.2) is 30.3 Å². The zero-order valence-corrected chi connectivity index (χ0v) is 13.4. The third kappa shape index (κ3) is 3.14. The van der Waals surface area contributed by atoms with Crippen LogP contribution in [-0.4, -0.2) is 22.8 Å². The van der Waals surface area contributed by atoms with E-state index in [1.54, 1.807) is 0 Å². The van der Waals surface area contributed by atoms with Crippen LogP contribution < -0.4 is 5.32 Å². The molecule has 1 aromatic carbocycles. The summed E-state index contributed by atoms with van der Waals surface area (Å²) in [6, 6.07) is 10.9. The lowest BCUT2D eigenvalue weighted by atomic mass is 10.1. The van der Waals surface area contributed by atoms with Gasteiger partial charge in [0.2, 0.25) is 0 Å². The Balaban J connectivity index is 1.88. The first kappa shape index (κ1) is 14.6. The van der Waals surface area contributed by atoms with Crippen LogP contribution in [0.4, 0.5) is 0 Å². The summed E-state index contributed by atoms with van der Waals surface area (Å²) in [5.41, 5.74) is 2.71. The Labute approximate surface area is 127 Å². The van der Waals surface area contributed by atoms with Crippen LogP contribution in [0, 0.1) is 0 Å². The lowest BCUT2D eigenvalue weighted by Crippen LogP contribution is -2.24. The second kappa shape index (κ2) is 5.82. The van der Waals surface area contributed by atoms with Gasteiger partial charge in [-0.05, 0) is 50.8 Å². The molecular formula is C18H26N2O. The van der Waals surface area contributed by atoms with Gasteiger partial charge in [-0.1, -0.05) is 25.1 Å². The molecule has 3 heteroatoms. The van der Waals surface area contributed by atoms with Crippen LogP contribution in [0.2, 0.25) is 0 Å². The monoisotopic (exact) mass is 286 g/mol. The molecule has 1 saturated heterocycles. The van der Waals surface area contributed by atoms with E-state index < -0.39 is 0 Å². The van der Waals surface area contributed by atoms with Crippen molar-refractivity contribution in [1.29, 1.82) is 0 Å². The highest BCUT2D eigenvalue weighted by molar-refractivity contribution is 5.81. The molecule has 1 aromatic heterocycles. The maximum absolute atomic E-state index is 6.19. The van der Waals surface area contributed by atoms with E-state index in [4.69, 9.17) is 4.74 Å². The molecule has 0 spiro atoms. The van der Waals surface area contributed by atoms with Crippen LogP contribution >= 0.6 is 0 Å². The molecular weight excluding hydrogens is 260 g/mol. The molecule has 114 valence electrons. The summed E-state index contributed by atoms with van der Waals surface area (Å²) in [4.78, 5) is 0. The number of ether oxygens (including phenoxy) is 1. The van der Waals surface area contributed by atoms with E-state index in [1.807, 2.05) is 0 Å². The SMILES string of the molecule is CCNCc1cc2ccccc2n1CC1CCC(C)(C)O1. The summed E-state index contributed by atoms with van der Waals surface area (Å²) in [6.07, 6.45) is 2.63. The van der Waals surface area contributed by atoms with E-state index >= 15 is 0 Å². The van der Waals surface area contributed by atoms with Crippen molar-refractivity contribution >= 4 is 10.9 Å². The van der Waals surface area contributed by atoms with Crippen molar-refractivity contribution in [2.75, 3.05) is 6.54 Å². The normalized spacial score (nSPS) is 21.2. The number of nitrogens with zero attached hydrogens (tertiary/aromatic N) is 1. The van der Waals surface area contributed by atoms with Gasteiger partial charge in [-0.25, -0.2) is 0 Å². The summed E-state index contributed by atoms with van der Waals surface area (Å²) < 4.78 is 8.62. The molecule has 2 heterocycles. The Morgan fingerprint density at radius 2 is 2.14 bits per heavy atom. The predicted molar refractivity (Wildman–Crippen MR) is 87.5 cm³/mol. The van der Waals surface area contributed by atoms with E-state index in [0.29, 0.717) is 6.10 Å².